The third kappa shape index (κ3) is 3.82. The van der Waals surface area contributed by atoms with Crippen molar-refractivity contribution in [3.8, 4) is 0 Å². The van der Waals surface area contributed by atoms with E-state index in [2.05, 4.69) is 0 Å². The van der Waals surface area contributed by atoms with Gasteiger partial charge < -0.3 is 25.1 Å². The van der Waals surface area contributed by atoms with Gasteiger partial charge in [0, 0.05) is 32.7 Å². The summed E-state index contributed by atoms with van der Waals surface area (Å²) in [5.41, 5.74) is 0. The molecule has 1 saturated carbocycles. The van der Waals surface area contributed by atoms with Crippen LogP contribution >= 0.6 is 0 Å². The van der Waals surface area contributed by atoms with Crippen molar-refractivity contribution in [1.82, 2.24) is 0 Å². The molecule has 1 rings (SSSR count). The minimum atomic E-state index is -0.586. The summed E-state index contributed by atoms with van der Waals surface area (Å²) in [7, 11) is 0. The largest absolute Gasteiger partial charge is 0.852 e. The Morgan fingerprint density at radius 2 is 1.00 bits per heavy atom. The standard InChI is InChI=1S/C6H10O2.CH4.2CH3.Y/c1-3-5(7)4(2)6(3)8;;;;/h3-6H,1-2H3;1H4;2*1H3;/q-2;;2*-1;. The first-order chi connectivity index (χ1) is 3.64. The molecule has 0 aromatic carbocycles. The van der Waals surface area contributed by atoms with Crippen LogP contribution in [0.2, 0.25) is 0 Å². The molecule has 1 fully saturated rings. The molecule has 1 radical (unpaired) electrons. The summed E-state index contributed by atoms with van der Waals surface area (Å²) in [4.78, 5) is 0. The van der Waals surface area contributed by atoms with Crippen LogP contribution in [-0.2, 0) is 32.7 Å². The molecule has 0 atom stereocenters. The van der Waals surface area contributed by atoms with Gasteiger partial charge in [0.1, 0.15) is 0 Å². The molecule has 0 unspecified atom stereocenters. The molecule has 0 N–H and O–H groups in total. The Morgan fingerprint density at radius 1 is 0.833 bits per heavy atom. The third-order valence-electron chi connectivity index (χ3n) is 2.07. The molecular formula is C9H20O2Y-4. The van der Waals surface area contributed by atoms with E-state index >= 15 is 0 Å². The van der Waals surface area contributed by atoms with Crippen molar-refractivity contribution in [3.05, 3.63) is 14.9 Å². The molecule has 1 aliphatic carbocycles. The Bertz CT molecular complexity index is 66.5. The molecule has 0 aliphatic heterocycles. The van der Waals surface area contributed by atoms with Crippen LogP contribution in [0.4, 0.5) is 0 Å². The predicted molar refractivity (Wildman–Crippen MR) is 45.5 cm³/mol. The molecule has 0 amide bonds. The molecule has 2 nitrogen and oxygen atoms in total. The van der Waals surface area contributed by atoms with Gasteiger partial charge in [0.2, 0.25) is 0 Å². The van der Waals surface area contributed by atoms with E-state index in [4.69, 9.17) is 0 Å². The summed E-state index contributed by atoms with van der Waals surface area (Å²) in [5.74, 6) is -0.269. The molecule has 0 aromatic heterocycles. The monoisotopic (exact) mass is 249 g/mol. The molecule has 1 aliphatic rings. The second-order valence-corrected chi connectivity index (χ2v) is 2.65. The van der Waals surface area contributed by atoms with E-state index in [-0.39, 0.29) is 66.8 Å². The van der Waals surface area contributed by atoms with Gasteiger partial charge in [-0.15, -0.1) is 12.2 Å². The maximum absolute atomic E-state index is 10.7. The van der Waals surface area contributed by atoms with Gasteiger partial charge in [0.15, 0.2) is 0 Å². The third-order valence-corrected chi connectivity index (χ3v) is 2.07. The van der Waals surface area contributed by atoms with E-state index in [1.165, 1.54) is 0 Å². The van der Waals surface area contributed by atoms with Gasteiger partial charge in [-0.05, 0) is 0 Å². The van der Waals surface area contributed by atoms with Crippen LogP contribution in [0.3, 0.4) is 0 Å². The van der Waals surface area contributed by atoms with E-state index in [0.717, 1.165) is 0 Å². The van der Waals surface area contributed by atoms with Gasteiger partial charge in [0.05, 0.1) is 0 Å². The maximum Gasteiger partial charge on any atom is 0 e. The molecule has 0 saturated heterocycles. The van der Waals surface area contributed by atoms with Crippen LogP contribution in [0.1, 0.15) is 21.3 Å². The first kappa shape index (κ1) is 23.1. The van der Waals surface area contributed by atoms with Crippen LogP contribution in [0.15, 0.2) is 0 Å². The number of hydrogen-bond acceptors (Lipinski definition) is 2. The van der Waals surface area contributed by atoms with E-state index in [0.29, 0.717) is 0 Å². The molecule has 0 heterocycles. The van der Waals surface area contributed by atoms with E-state index in [1.807, 2.05) is 0 Å². The summed E-state index contributed by atoms with van der Waals surface area (Å²) < 4.78 is 0. The minimum absolute atomic E-state index is 0. The van der Waals surface area contributed by atoms with E-state index in [9.17, 15) is 10.2 Å². The zero-order valence-corrected chi connectivity index (χ0v) is 10.5. The van der Waals surface area contributed by atoms with Crippen molar-refractivity contribution < 1.29 is 42.9 Å². The smallest absolute Gasteiger partial charge is 0 e. The first-order valence-corrected chi connectivity index (χ1v) is 2.96. The Balaban J connectivity index is -0.0000000800. The quantitative estimate of drug-likeness (QED) is 0.578. The Labute approximate surface area is 103 Å². The number of rotatable bonds is 0. The zero-order valence-electron chi connectivity index (χ0n) is 7.70. The average molecular weight is 249 g/mol. The van der Waals surface area contributed by atoms with Crippen LogP contribution in [-0.4, -0.2) is 12.2 Å². The fourth-order valence-corrected chi connectivity index (χ4v) is 1.19. The van der Waals surface area contributed by atoms with Gasteiger partial charge in [-0.25, -0.2) is 0 Å². The molecule has 3 heteroatoms. The summed E-state index contributed by atoms with van der Waals surface area (Å²) in [6, 6.07) is 0. The van der Waals surface area contributed by atoms with Gasteiger partial charge in [-0.3, -0.25) is 0 Å². The molecule has 12 heavy (non-hydrogen) atoms. The fourth-order valence-electron chi connectivity index (χ4n) is 1.19. The van der Waals surface area contributed by atoms with E-state index in [1.54, 1.807) is 13.8 Å². The van der Waals surface area contributed by atoms with Gasteiger partial charge in [-0.1, -0.05) is 33.1 Å². The van der Waals surface area contributed by atoms with Crippen LogP contribution in [0.25, 0.3) is 0 Å². The SMILES string of the molecule is C.CC1C([O-])C(C)C1[O-].[CH3-].[CH3-].[Y]. The molecule has 0 aromatic rings. The summed E-state index contributed by atoms with van der Waals surface area (Å²) in [6.07, 6.45) is -1.17. The Hall–Kier alpha value is 1.02. The van der Waals surface area contributed by atoms with Crippen molar-refractivity contribution in [2.75, 3.05) is 0 Å². The second-order valence-electron chi connectivity index (χ2n) is 2.65. The van der Waals surface area contributed by atoms with Crippen molar-refractivity contribution in [2.45, 2.75) is 33.5 Å². The van der Waals surface area contributed by atoms with Crippen LogP contribution in [0.5, 0.6) is 0 Å². The van der Waals surface area contributed by atoms with Crippen molar-refractivity contribution in [3.63, 3.8) is 0 Å². The Morgan fingerprint density at radius 3 is 1.08 bits per heavy atom. The maximum atomic E-state index is 10.7. The van der Waals surface area contributed by atoms with Gasteiger partial charge >= 0.3 is 0 Å². The predicted octanol–water partition coefficient (Wildman–Crippen LogP) is 0.264. The topological polar surface area (TPSA) is 46.1 Å². The summed E-state index contributed by atoms with van der Waals surface area (Å²) in [5, 5.41) is 21.3. The van der Waals surface area contributed by atoms with E-state index < -0.39 is 12.2 Å². The second kappa shape index (κ2) is 8.61. The normalized spacial score (nSPS) is 37.0. The minimum Gasteiger partial charge on any atom is -0.852 e. The van der Waals surface area contributed by atoms with Crippen molar-refractivity contribution in [1.29, 1.82) is 0 Å². The van der Waals surface area contributed by atoms with Crippen LogP contribution < -0.4 is 10.2 Å². The number of hydrogen-bond donors (Lipinski definition) is 0. The first-order valence-electron chi connectivity index (χ1n) is 2.96. The Kier molecular flexibility index (Phi) is 16.6. The van der Waals surface area contributed by atoms with Crippen molar-refractivity contribution in [2.24, 2.45) is 11.8 Å². The molecule has 0 bridgehead atoms. The zero-order chi connectivity index (χ0) is 6.31. The van der Waals surface area contributed by atoms with Gasteiger partial charge in [0.25, 0.3) is 0 Å². The van der Waals surface area contributed by atoms with Gasteiger partial charge in [-0.2, -0.15) is 0 Å². The van der Waals surface area contributed by atoms with Crippen molar-refractivity contribution >= 4 is 0 Å². The molecule has 0 spiro atoms. The summed E-state index contributed by atoms with van der Waals surface area (Å²) >= 11 is 0. The summed E-state index contributed by atoms with van der Waals surface area (Å²) in [6.45, 7) is 3.46. The average Bonchev–Trinajstić information content (AvgIpc) is 1.83. The van der Waals surface area contributed by atoms with Crippen LogP contribution in [0, 0.1) is 26.7 Å². The molecular weight excluding hydrogens is 229 g/mol. The molecule has 75 valence electrons. The fraction of sp³-hybridized carbons (Fsp3) is 0.778.